The van der Waals surface area contributed by atoms with Gasteiger partial charge in [0.1, 0.15) is 6.04 Å². The number of carbonyl (C=O) groups excluding carboxylic acids is 2. The summed E-state index contributed by atoms with van der Waals surface area (Å²) in [5.74, 6) is -1.08. The Kier molecular flexibility index (Phi) is 7.55. The zero-order valence-electron chi connectivity index (χ0n) is 21.6. The second-order valence-electron chi connectivity index (χ2n) is 9.50. The van der Waals surface area contributed by atoms with Crippen LogP contribution >= 0.6 is 0 Å². The summed E-state index contributed by atoms with van der Waals surface area (Å²) in [4.78, 5) is 27.1. The van der Waals surface area contributed by atoms with E-state index in [0.717, 1.165) is 27.8 Å². The molecule has 0 aliphatic heterocycles. The highest BCUT2D eigenvalue weighted by Gasteiger charge is 2.42. The van der Waals surface area contributed by atoms with Gasteiger partial charge in [0, 0.05) is 6.92 Å². The Morgan fingerprint density at radius 3 is 1.51 bits per heavy atom. The van der Waals surface area contributed by atoms with Gasteiger partial charge in [0.25, 0.3) is 5.91 Å². The van der Waals surface area contributed by atoms with E-state index in [-0.39, 0.29) is 5.91 Å². The van der Waals surface area contributed by atoms with Crippen LogP contribution in [0.4, 0.5) is 0 Å². The standard InChI is InChI=1S/C32H32N2O3/c1-22-10-16-27(17-11-22)30(26-8-6-5-7-9-26)34(25(4)35)33-31(36)32(37,28-18-12-23(2)13-19-28)29-20-14-24(3)15-21-29/h5-21,30,37H,1-4H3,(H,33,36). The molecule has 0 heterocycles. The normalized spacial score (nSPS) is 12.0. The maximum atomic E-state index is 14.0. The number of aryl methyl sites for hydroxylation is 3. The number of amides is 2. The summed E-state index contributed by atoms with van der Waals surface area (Å²) in [6.45, 7) is 7.28. The molecule has 0 fully saturated rings. The molecule has 2 N–H and O–H groups in total. The van der Waals surface area contributed by atoms with Crippen molar-refractivity contribution in [1.29, 1.82) is 0 Å². The van der Waals surface area contributed by atoms with Crippen LogP contribution in [0.5, 0.6) is 0 Å². The minimum atomic E-state index is -2.02. The largest absolute Gasteiger partial charge is 0.372 e. The van der Waals surface area contributed by atoms with Crippen LogP contribution in [-0.4, -0.2) is 21.9 Å². The lowest BCUT2D eigenvalue weighted by Gasteiger charge is -2.36. The molecule has 5 nitrogen and oxygen atoms in total. The van der Waals surface area contributed by atoms with E-state index in [9.17, 15) is 14.7 Å². The molecule has 37 heavy (non-hydrogen) atoms. The maximum absolute atomic E-state index is 14.0. The predicted molar refractivity (Wildman–Crippen MR) is 145 cm³/mol. The van der Waals surface area contributed by atoms with Crippen molar-refractivity contribution in [2.45, 2.75) is 39.3 Å². The number of carbonyl (C=O) groups is 2. The fourth-order valence-electron chi connectivity index (χ4n) is 4.41. The van der Waals surface area contributed by atoms with Gasteiger partial charge < -0.3 is 5.11 Å². The first-order valence-electron chi connectivity index (χ1n) is 12.3. The fraction of sp³-hybridized carbons (Fsp3) is 0.188. The van der Waals surface area contributed by atoms with Crippen LogP contribution < -0.4 is 5.43 Å². The van der Waals surface area contributed by atoms with Crippen molar-refractivity contribution < 1.29 is 14.7 Å². The lowest BCUT2D eigenvalue weighted by molar-refractivity contribution is -0.150. The van der Waals surface area contributed by atoms with E-state index in [0.29, 0.717) is 11.1 Å². The molecule has 188 valence electrons. The summed E-state index contributed by atoms with van der Waals surface area (Å²) in [5.41, 5.74) is 6.35. The van der Waals surface area contributed by atoms with Crippen LogP contribution in [-0.2, 0) is 15.2 Å². The van der Waals surface area contributed by atoms with Crippen molar-refractivity contribution in [3.05, 3.63) is 142 Å². The number of hydrogen-bond donors (Lipinski definition) is 2. The Labute approximate surface area is 218 Å². The predicted octanol–water partition coefficient (Wildman–Crippen LogP) is 5.52. The van der Waals surface area contributed by atoms with Gasteiger partial charge >= 0.3 is 0 Å². The maximum Gasteiger partial charge on any atom is 0.279 e. The minimum Gasteiger partial charge on any atom is -0.372 e. The zero-order valence-corrected chi connectivity index (χ0v) is 21.6. The molecule has 0 spiro atoms. The second kappa shape index (κ2) is 10.8. The molecular formula is C32H32N2O3. The average Bonchev–Trinajstić information content (AvgIpc) is 2.90. The first kappa shape index (κ1) is 25.9. The Morgan fingerprint density at radius 1 is 0.676 bits per heavy atom. The monoisotopic (exact) mass is 492 g/mol. The summed E-state index contributed by atoms with van der Waals surface area (Å²) in [7, 11) is 0. The van der Waals surface area contributed by atoms with E-state index in [1.165, 1.54) is 11.9 Å². The third kappa shape index (κ3) is 5.47. The van der Waals surface area contributed by atoms with E-state index >= 15 is 0 Å². The molecule has 0 aliphatic carbocycles. The molecule has 2 amide bonds. The van der Waals surface area contributed by atoms with E-state index in [4.69, 9.17) is 0 Å². The molecule has 4 aromatic carbocycles. The molecule has 5 heteroatoms. The summed E-state index contributed by atoms with van der Waals surface area (Å²) < 4.78 is 0. The third-order valence-electron chi connectivity index (χ3n) is 6.60. The van der Waals surface area contributed by atoms with Gasteiger partial charge in [-0.05, 0) is 43.0 Å². The molecule has 0 aliphatic rings. The van der Waals surface area contributed by atoms with Crippen LogP contribution in [0.25, 0.3) is 0 Å². The van der Waals surface area contributed by atoms with E-state index in [1.54, 1.807) is 24.3 Å². The number of hydrazine groups is 1. The van der Waals surface area contributed by atoms with Gasteiger partial charge in [-0.3, -0.25) is 15.0 Å². The second-order valence-corrected chi connectivity index (χ2v) is 9.50. The van der Waals surface area contributed by atoms with E-state index in [2.05, 4.69) is 5.43 Å². The van der Waals surface area contributed by atoms with Gasteiger partial charge in [0.2, 0.25) is 5.91 Å². The molecule has 4 aromatic rings. The molecule has 1 atom stereocenters. The Morgan fingerprint density at radius 2 is 1.08 bits per heavy atom. The minimum absolute atomic E-state index is 0.363. The Hall–Kier alpha value is -4.22. The topological polar surface area (TPSA) is 69.6 Å². The molecule has 0 saturated heterocycles. The van der Waals surface area contributed by atoms with Crippen LogP contribution in [0.15, 0.2) is 103 Å². The van der Waals surface area contributed by atoms with E-state index < -0.39 is 17.6 Å². The molecule has 0 saturated carbocycles. The number of nitrogens with zero attached hydrogens (tertiary/aromatic N) is 1. The molecular weight excluding hydrogens is 460 g/mol. The van der Waals surface area contributed by atoms with Crippen LogP contribution in [0, 0.1) is 20.8 Å². The highest BCUT2D eigenvalue weighted by molar-refractivity contribution is 5.91. The number of rotatable bonds is 6. The quantitative estimate of drug-likeness (QED) is 0.349. The van der Waals surface area contributed by atoms with Crippen LogP contribution in [0.2, 0.25) is 0 Å². The van der Waals surface area contributed by atoms with Gasteiger partial charge in [-0.15, -0.1) is 0 Å². The summed E-state index contributed by atoms with van der Waals surface area (Å²) in [6.07, 6.45) is 0. The smallest absolute Gasteiger partial charge is 0.279 e. The Balaban J connectivity index is 1.81. The van der Waals surface area contributed by atoms with Crippen molar-refractivity contribution in [3.63, 3.8) is 0 Å². The first-order chi connectivity index (χ1) is 17.7. The third-order valence-corrected chi connectivity index (χ3v) is 6.60. The number of benzene rings is 4. The molecule has 0 aromatic heterocycles. The van der Waals surface area contributed by atoms with Crippen molar-refractivity contribution >= 4 is 11.8 Å². The number of aliphatic hydroxyl groups is 1. The highest BCUT2D eigenvalue weighted by atomic mass is 16.3. The number of hydrogen-bond acceptors (Lipinski definition) is 3. The summed E-state index contributed by atoms with van der Waals surface area (Å²) in [5, 5.41) is 13.3. The van der Waals surface area contributed by atoms with Crippen LogP contribution in [0.3, 0.4) is 0 Å². The van der Waals surface area contributed by atoms with Crippen molar-refractivity contribution in [1.82, 2.24) is 10.4 Å². The van der Waals surface area contributed by atoms with Crippen LogP contribution in [0.1, 0.15) is 51.9 Å². The zero-order chi connectivity index (χ0) is 26.6. The SMILES string of the molecule is CC(=O)N(NC(=O)C(O)(c1ccc(C)cc1)c1ccc(C)cc1)C(c1ccccc1)c1ccc(C)cc1. The van der Waals surface area contributed by atoms with E-state index in [1.807, 2.05) is 99.6 Å². The van der Waals surface area contributed by atoms with Crippen molar-refractivity contribution in [3.8, 4) is 0 Å². The Bertz CT molecular complexity index is 1320. The van der Waals surface area contributed by atoms with Crippen molar-refractivity contribution in [2.75, 3.05) is 0 Å². The highest BCUT2D eigenvalue weighted by Crippen LogP contribution is 2.33. The lowest BCUT2D eigenvalue weighted by Crippen LogP contribution is -2.55. The van der Waals surface area contributed by atoms with Gasteiger partial charge in [0.15, 0.2) is 5.60 Å². The summed E-state index contributed by atoms with van der Waals surface area (Å²) in [6, 6.07) is 31.1. The molecule has 1 unspecified atom stereocenters. The number of nitrogens with one attached hydrogen (secondary N) is 1. The van der Waals surface area contributed by atoms with Gasteiger partial charge in [-0.25, -0.2) is 5.01 Å². The van der Waals surface area contributed by atoms with Gasteiger partial charge in [0.05, 0.1) is 0 Å². The average molecular weight is 493 g/mol. The summed E-state index contributed by atoms with van der Waals surface area (Å²) >= 11 is 0. The van der Waals surface area contributed by atoms with Gasteiger partial charge in [-0.2, -0.15) is 0 Å². The fourth-order valence-corrected chi connectivity index (χ4v) is 4.41. The molecule has 4 rings (SSSR count). The molecule has 0 radical (unpaired) electrons. The van der Waals surface area contributed by atoms with Crippen molar-refractivity contribution in [2.24, 2.45) is 0 Å². The van der Waals surface area contributed by atoms with Gasteiger partial charge in [-0.1, -0.05) is 120 Å². The first-order valence-corrected chi connectivity index (χ1v) is 12.3. The lowest BCUT2D eigenvalue weighted by atomic mass is 9.85. The molecule has 0 bridgehead atoms.